The smallest absolute Gasteiger partial charge is 0.337 e. The molecule has 86 valence electrons. The number of non-ortho nitro benzene ring substituents is 1. The van der Waals surface area contributed by atoms with E-state index in [0.717, 1.165) is 11.8 Å². The van der Waals surface area contributed by atoms with E-state index in [2.05, 4.69) is 0 Å². The predicted octanol–water partition coefficient (Wildman–Crippen LogP) is 3.05. The summed E-state index contributed by atoms with van der Waals surface area (Å²) in [5, 5.41) is 19.4. The Balaban J connectivity index is 3.09. The van der Waals surface area contributed by atoms with E-state index >= 15 is 0 Å². The average molecular weight is 259 g/mol. The Morgan fingerprint density at radius 2 is 2.25 bits per heavy atom. The second kappa shape index (κ2) is 5.76. The molecular formula is C9H9NO4S2. The fourth-order valence-corrected chi connectivity index (χ4v) is 2.77. The zero-order valence-electron chi connectivity index (χ0n) is 8.37. The van der Waals surface area contributed by atoms with Crippen LogP contribution >= 0.6 is 21.6 Å². The van der Waals surface area contributed by atoms with Crippen molar-refractivity contribution in [2.24, 2.45) is 0 Å². The molecule has 0 fully saturated rings. The van der Waals surface area contributed by atoms with Crippen molar-refractivity contribution in [3.8, 4) is 0 Å². The highest BCUT2D eigenvalue weighted by Gasteiger charge is 2.16. The Morgan fingerprint density at radius 3 is 2.75 bits per heavy atom. The van der Waals surface area contributed by atoms with Gasteiger partial charge < -0.3 is 5.11 Å². The largest absolute Gasteiger partial charge is 0.478 e. The first-order chi connectivity index (χ1) is 7.56. The van der Waals surface area contributed by atoms with Gasteiger partial charge in [-0.05, 0) is 6.07 Å². The number of nitrogens with zero attached hydrogens (tertiary/aromatic N) is 1. The lowest BCUT2D eigenvalue weighted by atomic mass is 10.2. The molecule has 0 bridgehead atoms. The number of benzene rings is 1. The van der Waals surface area contributed by atoms with Gasteiger partial charge in [0.25, 0.3) is 5.69 Å². The van der Waals surface area contributed by atoms with E-state index in [-0.39, 0.29) is 11.3 Å². The van der Waals surface area contributed by atoms with E-state index in [1.54, 1.807) is 0 Å². The number of rotatable bonds is 5. The van der Waals surface area contributed by atoms with Crippen molar-refractivity contribution >= 4 is 33.2 Å². The van der Waals surface area contributed by atoms with Crippen molar-refractivity contribution in [2.75, 3.05) is 5.75 Å². The molecule has 0 saturated carbocycles. The van der Waals surface area contributed by atoms with E-state index in [9.17, 15) is 14.9 Å². The lowest BCUT2D eigenvalue weighted by Gasteiger charge is -2.03. The highest BCUT2D eigenvalue weighted by atomic mass is 33.1. The Labute approximate surface area is 99.8 Å². The van der Waals surface area contributed by atoms with Crippen LogP contribution in [0.5, 0.6) is 0 Å². The summed E-state index contributed by atoms with van der Waals surface area (Å²) in [6.45, 7) is 1.95. The first-order valence-corrected chi connectivity index (χ1v) is 6.69. The summed E-state index contributed by atoms with van der Waals surface area (Å²) in [7, 11) is 2.80. The molecule has 0 aliphatic heterocycles. The summed E-state index contributed by atoms with van der Waals surface area (Å²) < 4.78 is 0. The van der Waals surface area contributed by atoms with Gasteiger partial charge in [0.15, 0.2) is 0 Å². The molecule has 0 unspecified atom stereocenters. The predicted molar refractivity (Wildman–Crippen MR) is 64.0 cm³/mol. The molecule has 1 rings (SSSR count). The van der Waals surface area contributed by atoms with Crippen molar-refractivity contribution in [3.63, 3.8) is 0 Å². The minimum absolute atomic E-state index is 0.0276. The quantitative estimate of drug-likeness (QED) is 0.497. The van der Waals surface area contributed by atoms with Crippen LogP contribution < -0.4 is 0 Å². The number of hydrogen-bond donors (Lipinski definition) is 1. The third-order valence-electron chi connectivity index (χ3n) is 1.67. The number of nitro benzene ring substituents is 1. The zero-order chi connectivity index (χ0) is 12.1. The van der Waals surface area contributed by atoms with Crippen LogP contribution in [0.1, 0.15) is 17.3 Å². The number of carbonyl (C=O) groups is 1. The van der Waals surface area contributed by atoms with Crippen LogP contribution in [0.3, 0.4) is 0 Å². The molecule has 1 aromatic rings. The van der Waals surface area contributed by atoms with E-state index < -0.39 is 10.9 Å². The Hall–Kier alpha value is -1.21. The van der Waals surface area contributed by atoms with Crippen LogP contribution in [0.2, 0.25) is 0 Å². The highest BCUT2D eigenvalue weighted by Crippen LogP contribution is 2.34. The molecule has 0 aliphatic carbocycles. The van der Waals surface area contributed by atoms with Gasteiger partial charge in [0.05, 0.1) is 10.5 Å². The molecule has 0 radical (unpaired) electrons. The van der Waals surface area contributed by atoms with Gasteiger partial charge >= 0.3 is 5.97 Å². The number of aromatic carboxylic acids is 1. The van der Waals surface area contributed by atoms with Crippen LogP contribution in [0.15, 0.2) is 23.1 Å². The van der Waals surface area contributed by atoms with Crippen LogP contribution in [0, 0.1) is 10.1 Å². The van der Waals surface area contributed by atoms with Crippen LogP contribution in [0.25, 0.3) is 0 Å². The molecular weight excluding hydrogens is 250 g/mol. The van der Waals surface area contributed by atoms with Crippen LogP contribution in [-0.2, 0) is 0 Å². The first kappa shape index (κ1) is 12.9. The highest BCUT2D eigenvalue weighted by molar-refractivity contribution is 8.76. The molecule has 5 nitrogen and oxygen atoms in total. The number of carboxylic acids is 1. The van der Waals surface area contributed by atoms with Gasteiger partial charge in [-0.2, -0.15) is 0 Å². The lowest BCUT2D eigenvalue weighted by molar-refractivity contribution is -0.384. The summed E-state index contributed by atoms with van der Waals surface area (Å²) in [4.78, 5) is 21.3. The van der Waals surface area contributed by atoms with Crippen LogP contribution in [-0.4, -0.2) is 21.8 Å². The topological polar surface area (TPSA) is 80.4 Å². The maximum atomic E-state index is 10.9. The lowest BCUT2D eigenvalue weighted by Crippen LogP contribution is -2.00. The van der Waals surface area contributed by atoms with E-state index in [0.29, 0.717) is 4.90 Å². The molecule has 0 aliphatic rings. The fraction of sp³-hybridized carbons (Fsp3) is 0.222. The van der Waals surface area contributed by atoms with Crippen molar-refractivity contribution in [1.82, 2.24) is 0 Å². The van der Waals surface area contributed by atoms with Gasteiger partial charge in [-0.25, -0.2) is 4.79 Å². The zero-order valence-corrected chi connectivity index (χ0v) is 10.0. The molecule has 1 aromatic carbocycles. The van der Waals surface area contributed by atoms with Gasteiger partial charge in [0.2, 0.25) is 0 Å². The molecule has 0 spiro atoms. The summed E-state index contributed by atoms with van der Waals surface area (Å²) in [5.41, 5.74) is -0.233. The van der Waals surface area contributed by atoms with E-state index in [1.165, 1.54) is 33.7 Å². The second-order valence-electron chi connectivity index (χ2n) is 2.73. The van der Waals surface area contributed by atoms with Gasteiger partial charge in [-0.3, -0.25) is 10.1 Å². The number of nitro groups is 1. The Morgan fingerprint density at radius 1 is 1.56 bits per heavy atom. The van der Waals surface area contributed by atoms with Crippen molar-refractivity contribution in [2.45, 2.75) is 11.8 Å². The Bertz CT molecular complexity index is 422. The minimum Gasteiger partial charge on any atom is -0.478 e. The summed E-state index contributed by atoms with van der Waals surface area (Å²) >= 11 is 0. The molecule has 0 amide bonds. The van der Waals surface area contributed by atoms with Crippen molar-refractivity contribution < 1.29 is 14.8 Å². The summed E-state index contributed by atoms with van der Waals surface area (Å²) in [6, 6.07) is 3.86. The SMILES string of the molecule is CCSSc1ccc([N+](=O)[O-])cc1C(=O)O. The van der Waals surface area contributed by atoms with Gasteiger partial charge in [-0.15, -0.1) is 0 Å². The molecule has 0 saturated heterocycles. The Kier molecular flexibility index (Phi) is 4.63. The first-order valence-electron chi connectivity index (χ1n) is 4.37. The molecule has 7 heteroatoms. The third-order valence-corrected chi connectivity index (χ3v) is 4.16. The number of hydrogen-bond acceptors (Lipinski definition) is 5. The maximum absolute atomic E-state index is 10.9. The molecule has 0 aromatic heterocycles. The van der Waals surface area contributed by atoms with Crippen molar-refractivity contribution in [1.29, 1.82) is 0 Å². The normalized spacial score (nSPS) is 10.1. The van der Waals surface area contributed by atoms with Crippen molar-refractivity contribution in [3.05, 3.63) is 33.9 Å². The minimum atomic E-state index is -1.15. The average Bonchev–Trinajstić information content (AvgIpc) is 2.25. The van der Waals surface area contributed by atoms with Gasteiger partial charge in [-0.1, -0.05) is 28.5 Å². The molecule has 0 atom stereocenters. The third kappa shape index (κ3) is 3.14. The molecule has 16 heavy (non-hydrogen) atoms. The van der Waals surface area contributed by atoms with Gasteiger partial charge in [0.1, 0.15) is 0 Å². The van der Waals surface area contributed by atoms with Crippen LogP contribution in [0.4, 0.5) is 5.69 Å². The monoisotopic (exact) mass is 259 g/mol. The maximum Gasteiger partial charge on any atom is 0.337 e. The summed E-state index contributed by atoms with van der Waals surface area (Å²) in [5.74, 6) is -0.316. The van der Waals surface area contributed by atoms with E-state index in [1.807, 2.05) is 6.92 Å². The second-order valence-corrected chi connectivity index (χ2v) is 5.36. The summed E-state index contributed by atoms with van der Waals surface area (Å²) in [6.07, 6.45) is 0. The van der Waals surface area contributed by atoms with Gasteiger partial charge in [0, 0.05) is 22.8 Å². The molecule has 0 heterocycles. The van der Waals surface area contributed by atoms with E-state index in [4.69, 9.17) is 5.11 Å². The fourth-order valence-electron chi connectivity index (χ4n) is 0.994. The molecule has 1 N–H and O–H groups in total. The number of carboxylic acid groups (broad SMARTS) is 1. The standard InChI is InChI=1S/C9H9NO4S2/c1-2-15-16-8-4-3-6(10(13)14)5-7(8)9(11)12/h3-5H,2H2,1H3,(H,11,12).